The van der Waals surface area contributed by atoms with Crippen molar-refractivity contribution in [2.24, 2.45) is 0 Å². The van der Waals surface area contributed by atoms with Gasteiger partial charge in [-0.15, -0.1) is 0 Å². The summed E-state index contributed by atoms with van der Waals surface area (Å²) in [4.78, 5) is 16.9. The van der Waals surface area contributed by atoms with E-state index in [1.54, 1.807) is 25.3 Å². The van der Waals surface area contributed by atoms with Crippen LogP contribution in [0.3, 0.4) is 0 Å². The number of benzene rings is 2. The van der Waals surface area contributed by atoms with E-state index in [2.05, 4.69) is 26.2 Å². The zero-order valence-electron chi connectivity index (χ0n) is 12.3. The molecule has 0 aliphatic carbocycles. The summed E-state index contributed by atoms with van der Waals surface area (Å²) in [6.45, 7) is 2.00. The molecule has 0 spiro atoms. The lowest BCUT2D eigenvalue weighted by Crippen LogP contribution is -2.12. The Kier molecular flexibility index (Phi) is 4.57. The lowest BCUT2D eigenvalue weighted by atomic mass is 10.2. The first-order valence-electron chi connectivity index (χ1n) is 6.70. The van der Waals surface area contributed by atoms with Crippen LogP contribution in [-0.4, -0.2) is 18.0 Å². The van der Waals surface area contributed by atoms with E-state index in [4.69, 9.17) is 16.3 Å². The molecule has 118 valence electrons. The molecular weight excluding hydrogens is 400 g/mol. The number of carbonyl (C=O) groups is 1. The number of aryl methyl sites for hydroxylation is 1. The molecule has 3 aromatic rings. The maximum Gasteiger partial charge on any atom is 0.258 e. The molecule has 1 aromatic heterocycles. The third-order valence-electron chi connectivity index (χ3n) is 3.32. The topological polar surface area (TPSA) is 51.2 Å². The predicted octanol–water partition coefficient (Wildman–Crippen LogP) is 5.28. The van der Waals surface area contributed by atoms with Crippen molar-refractivity contribution in [1.29, 1.82) is 0 Å². The van der Waals surface area contributed by atoms with Gasteiger partial charge in [-0.3, -0.25) is 10.1 Å². The second kappa shape index (κ2) is 6.47. The van der Waals surface area contributed by atoms with E-state index in [9.17, 15) is 4.79 Å². The van der Waals surface area contributed by atoms with E-state index < -0.39 is 0 Å². The minimum Gasteiger partial charge on any atom is -0.494 e. The molecule has 3 rings (SSSR count). The van der Waals surface area contributed by atoms with Gasteiger partial charge in [0.15, 0.2) is 5.13 Å². The van der Waals surface area contributed by atoms with Gasteiger partial charge in [0.2, 0.25) is 0 Å². The van der Waals surface area contributed by atoms with Crippen LogP contribution in [0.2, 0.25) is 5.02 Å². The number of ether oxygens (including phenoxy) is 1. The number of hydrogen-bond donors (Lipinski definition) is 1. The van der Waals surface area contributed by atoms with Gasteiger partial charge in [-0.05, 0) is 36.8 Å². The Morgan fingerprint density at radius 2 is 2.13 bits per heavy atom. The number of methoxy groups -OCH3 is 1. The van der Waals surface area contributed by atoms with Crippen molar-refractivity contribution in [2.45, 2.75) is 6.92 Å². The van der Waals surface area contributed by atoms with Crippen molar-refractivity contribution in [1.82, 2.24) is 4.98 Å². The quantitative estimate of drug-likeness (QED) is 0.638. The SMILES string of the molecule is COc1ccc(C)c2sc(NC(=O)c3cc(Br)ccc3Cl)nc12. The molecule has 0 radical (unpaired) electrons. The van der Waals surface area contributed by atoms with Crippen LogP contribution in [0.15, 0.2) is 34.8 Å². The number of anilines is 1. The molecular formula is C16H12BrClN2O2S. The second-order valence-corrected chi connectivity index (χ2v) is 7.18. The van der Waals surface area contributed by atoms with E-state index in [-0.39, 0.29) is 5.91 Å². The largest absolute Gasteiger partial charge is 0.494 e. The highest BCUT2D eigenvalue weighted by molar-refractivity contribution is 9.10. The predicted molar refractivity (Wildman–Crippen MR) is 98.0 cm³/mol. The fraction of sp³-hybridized carbons (Fsp3) is 0.125. The van der Waals surface area contributed by atoms with Crippen LogP contribution in [-0.2, 0) is 0 Å². The summed E-state index contributed by atoms with van der Waals surface area (Å²) >= 11 is 10.8. The van der Waals surface area contributed by atoms with Crippen LogP contribution in [0.1, 0.15) is 15.9 Å². The molecule has 7 heteroatoms. The minimum absolute atomic E-state index is 0.299. The Bertz CT molecular complexity index is 910. The number of rotatable bonds is 3. The Morgan fingerprint density at radius 1 is 1.35 bits per heavy atom. The van der Waals surface area contributed by atoms with Gasteiger partial charge >= 0.3 is 0 Å². The van der Waals surface area contributed by atoms with Gasteiger partial charge in [0.25, 0.3) is 5.91 Å². The van der Waals surface area contributed by atoms with E-state index in [0.717, 1.165) is 20.3 Å². The summed E-state index contributed by atoms with van der Waals surface area (Å²) in [7, 11) is 1.60. The molecule has 4 nitrogen and oxygen atoms in total. The zero-order valence-corrected chi connectivity index (χ0v) is 15.5. The van der Waals surface area contributed by atoms with Crippen molar-refractivity contribution in [3.8, 4) is 5.75 Å². The highest BCUT2D eigenvalue weighted by Gasteiger charge is 2.16. The number of carbonyl (C=O) groups excluding carboxylic acids is 1. The lowest BCUT2D eigenvalue weighted by Gasteiger charge is -2.04. The molecule has 23 heavy (non-hydrogen) atoms. The van der Waals surface area contributed by atoms with E-state index >= 15 is 0 Å². The zero-order chi connectivity index (χ0) is 16.6. The number of fused-ring (bicyclic) bond motifs is 1. The van der Waals surface area contributed by atoms with Crippen molar-refractivity contribution in [2.75, 3.05) is 12.4 Å². The number of aromatic nitrogens is 1. The number of nitrogens with one attached hydrogen (secondary N) is 1. The van der Waals surface area contributed by atoms with Gasteiger partial charge < -0.3 is 4.74 Å². The first-order valence-corrected chi connectivity index (χ1v) is 8.69. The highest BCUT2D eigenvalue weighted by atomic mass is 79.9. The van der Waals surface area contributed by atoms with Gasteiger partial charge in [0.05, 0.1) is 22.4 Å². The third kappa shape index (κ3) is 3.20. The second-order valence-electron chi connectivity index (χ2n) is 4.86. The fourth-order valence-corrected chi connectivity index (χ4v) is 3.67. The molecule has 2 aromatic carbocycles. The molecule has 0 bridgehead atoms. The molecule has 0 aliphatic heterocycles. The molecule has 0 atom stereocenters. The molecule has 0 saturated heterocycles. The van der Waals surface area contributed by atoms with Crippen molar-refractivity contribution in [3.05, 3.63) is 51.0 Å². The molecule has 0 saturated carbocycles. The molecule has 0 aliphatic rings. The van der Waals surface area contributed by atoms with Crippen molar-refractivity contribution >= 4 is 60.1 Å². The number of amides is 1. The van der Waals surface area contributed by atoms with Crippen LogP contribution in [0.25, 0.3) is 10.2 Å². The summed E-state index contributed by atoms with van der Waals surface area (Å²) in [5.41, 5.74) is 2.22. The normalized spacial score (nSPS) is 10.8. The Balaban J connectivity index is 1.97. The van der Waals surface area contributed by atoms with Crippen LogP contribution < -0.4 is 10.1 Å². The van der Waals surface area contributed by atoms with Gasteiger partial charge in [-0.1, -0.05) is 44.9 Å². The van der Waals surface area contributed by atoms with E-state index in [1.807, 2.05) is 19.1 Å². The molecule has 0 unspecified atom stereocenters. The molecule has 1 amide bonds. The van der Waals surface area contributed by atoms with Crippen molar-refractivity contribution < 1.29 is 9.53 Å². The van der Waals surface area contributed by atoms with Gasteiger partial charge in [0, 0.05) is 4.47 Å². The smallest absolute Gasteiger partial charge is 0.258 e. The summed E-state index contributed by atoms with van der Waals surface area (Å²) < 4.78 is 7.10. The summed E-state index contributed by atoms with van der Waals surface area (Å²) in [6.07, 6.45) is 0. The number of thiazole rings is 1. The highest BCUT2D eigenvalue weighted by Crippen LogP contribution is 2.35. The van der Waals surface area contributed by atoms with Crippen LogP contribution >= 0.6 is 38.9 Å². The Hall–Kier alpha value is -1.63. The summed E-state index contributed by atoms with van der Waals surface area (Å²) in [5, 5.41) is 3.70. The monoisotopic (exact) mass is 410 g/mol. The summed E-state index contributed by atoms with van der Waals surface area (Å²) in [5.74, 6) is 0.384. The third-order valence-corrected chi connectivity index (χ3v) is 5.25. The minimum atomic E-state index is -0.299. The van der Waals surface area contributed by atoms with E-state index in [0.29, 0.717) is 21.5 Å². The summed E-state index contributed by atoms with van der Waals surface area (Å²) in [6, 6.07) is 8.97. The molecule has 1 heterocycles. The maximum atomic E-state index is 12.4. The molecule has 0 fully saturated rings. The first-order chi connectivity index (χ1) is 11.0. The van der Waals surface area contributed by atoms with Gasteiger partial charge in [0.1, 0.15) is 11.3 Å². The van der Waals surface area contributed by atoms with Crippen LogP contribution in [0.4, 0.5) is 5.13 Å². The van der Waals surface area contributed by atoms with Gasteiger partial charge in [-0.25, -0.2) is 4.98 Å². The van der Waals surface area contributed by atoms with Crippen LogP contribution in [0.5, 0.6) is 5.75 Å². The number of nitrogens with zero attached hydrogens (tertiary/aromatic N) is 1. The first kappa shape index (κ1) is 16.2. The standard InChI is InChI=1S/C16H12BrClN2O2S/c1-8-3-6-12(22-2)13-14(8)23-16(19-13)20-15(21)10-7-9(17)4-5-11(10)18/h3-7H,1-2H3,(H,19,20,21). The van der Waals surface area contributed by atoms with Crippen LogP contribution in [0, 0.1) is 6.92 Å². The average molecular weight is 412 g/mol. The van der Waals surface area contributed by atoms with Crippen molar-refractivity contribution in [3.63, 3.8) is 0 Å². The number of hydrogen-bond acceptors (Lipinski definition) is 4. The number of halogens is 2. The van der Waals surface area contributed by atoms with Gasteiger partial charge in [-0.2, -0.15) is 0 Å². The Morgan fingerprint density at radius 3 is 2.87 bits per heavy atom. The fourth-order valence-electron chi connectivity index (χ4n) is 2.16. The average Bonchev–Trinajstić information content (AvgIpc) is 2.94. The van der Waals surface area contributed by atoms with E-state index in [1.165, 1.54) is 11.3 Å². The maximum absolute atomic E-state index is 12.4. The Labute approximate surface area is 150 Å². The lowest BCUT2D eigenvalue weighted by molar-refractivity contribution is 0.102. The molecule has 1 N–H and O–H groups in total.